The summed E-state index contributed by atoms with van der Waals surface area (Å²) in [5.74, 6) is -0.834. The maximum Gasteiger partial charge on any atom is 0.289 e. The number of halogens is 2. The molecule has 0 aliphatic carbocycles. The van der Waals surface area contributed by atoms with Crippen LogP contribution in [0.25, 0.3) is 11.3 Å². The standard InChI is InChI=1S/C17H12F2N6O2S/c1-9-2-3-11(18)4-10(9)8-28-17-23-25-15(12(19)5-22-25)16(27)24(17)13-6-21-14(26)7-20-13/h2-7H,8H2,1H3,(H,21,26). The van der Waals surface area contributed by atoms with Crippen molar-refractivity contribution in [3.05, 3.63) is 80.3 Å². The molecule has 8 nitrogen and oxygen atoms in total. The first-order chi connectivity index (χ1) is 13.4. The van der Waals surface area contributed by atoms with Crippen molar-refractivity contribution in [2.24, 2.45) is 0 Å². The van der Waals surface area contributed by atoms with Crippen LogP contribution in [0.5, 0.6) is 0 Å². The molecule has 0 saturated carbocycles. The molecule has 0 aliphatic heterocycles. The minimum absolute atomic E-state index is 0.0682. The molecule has 1 aromatic carbocycles. The summed E-state index contributed by atoms with van der Waals surface area (Å²) in [6.45, 7) is 1.84. The molecule has 0 unspecified atom stereocenters. The molecule has 11 heteroatoms. The molecule has 0 radical (unpaired) electrons. The predicted octanol–water partition coefficient (Wildman–Crippen LogP) is 1.84. The van der Waals surface area contributed by atoms with Crippen LogP contribution in [-0.2, 0) is 5.75 Å². The fraction of sp³-hybridized carbons (Fsp3) is 0.118. The zero-order valence-electron chi connectivity index (χ0n) is 14.4. The number of nitrogens with zero attached hydrogens (tertiary/aromatic N) is 5. The van der Waals surface area contributed by atoms with Gasteiger partial charge in [-0.3, -0.25) is 9.59 Å². The number of fused-ring (bicyclic) bond motifs is 1. The number of aromatic amines is 1. The highest BCUT2D eigenvalue weighted by molar-refractivity contribution is 7.98. The van der Waals surface area contributed by atoms with Gasteiger partial charge in [0, 0.05) is 11.9 Å². The Bertz CT molecular complexity index is 1290. The highest BCUT2D eigenvalue weighted by Crippen LogP contribution is 2.24. The first-order valence-corrected chi connectivity index (χ1v) is 9.02. The van der Waals surface area contributed by atoms with Gasteiger partial charge in [-0.05, 0) is 30.2 Å². The van der Waals surface area contributed by atoms with Crippen molar-refractivity contribution < 1.29 is 8.78 Å². The molecule has 0 amide bonds. The van der Waals surface area contributed by atoms with E-state index in [9.17, 15) is 18.4 Å². The van der Waals surface area contributed by atoms with Crippen LogP contribution >= 0.6 is 11.8 Å². The summed E-state index contributed by atoms with van der Waals surface area (Å²) in [7, 11) is 0. The lowest BCUT2D eigenvalue weighted by atomic mass is 10.1. The fourth-order valence-electron chi connectivity index (χ4n) is 2.59. The lowest BCUT2D eigenvalue weighted by Gasteiger charge is -2.11. The number of aryl methyl sites for hydroxylation is 1. The van der Waals surface area contributed by atoms with Crippen LogP contribution in [0.1, 0.15) is 11.1 Å². The molecule has 4 aromatic rings. The van der Waals surface area contributed by atoms with Gasteiger partial charge in [-0.2, -0.15) is 5.10 Å². The average Bonchev–Trinajstić information content (AvgIpc) is 3.04. The van der Waals surface area contributed by atoms with E-state index in [1.54, 1.807) is 6.07 Å². The summed E-state index contributed by atoms with van der Waals surface area (Å²) in [6, 6.07) is 4.41. The largest absolute Gasteiger partial charge is 0.324 e. The summed E-state index contributed by atoms with van der Waals surface area (Å²) < 4.78 is 29.5. The van der Waals surface area contributed by atoms with E-state index < -0.39 is 16.9 Å². The Morgan fingerprint density at radius 2 is 2.04 bits per heavy atom. The van der Waals surface area contributed by atoms with Crippen molar-refractivity contribution in [3.8, 4) is 5.82 Å². The Labute approximate surface area is 159 Å². The van der Waals surface area contributed by atoms with Gasteiger partial charge in [-0.25, -0.2) is 18.3 Å². The smallest absolute Gasteiger partial charge is 0.289 e. The van der Waals surface area contributed by atoms with Crippen molar-refractivity contribution in [1.82, 2.24) is 29.4 Å². The fourth-order valence-corrected chi connectivity index (χ4v) is 3.63. The maximum atomic E-state index is 14.0. The van der Waals surface area contributed by atoms with E-state index in [2.05, 4.69) is 20.2 Å². The molecule has 3 heterocycles. The van der Waals surface area contributed by atoms with Gasteiger partial charge in [-0.15, -0.1) is 9.73 Å². The van der Waals surface area contributed by atoms with Crippen molar-refractivity contribution in [3.63, 3.8) is 0 Å². The first-order valence-electron chi connectivity index (χ1n) is 8.03. The van der Waals surface area contributed by atoms with Gasteiger partial charge in [0.2, 0.25) is 0 Å². The maximum absolute atomic E-state index is 14.0. The summed E-state index contributed by atoms with van der Waals surface area (Å²) in [6.07, 6.45) is 3.12. The number of nitrogens with one attached hydrogen (secondary N) is 1. The van der Waals surface area contributed by atoms with Crippen molar-refractivity contribution in [2.45, 2.75) is 17.8 Å². The summed E-state index contributed by atoms with van der Waals surface area (Å²) in [5, 5.41) is 8.09. The Morgan fingerprint density at radius 1 is 1.21 bits per heavy atom. The van der Waals surface area contributed by atoms with Crippen LogP contribution in [0.15, 0.2) is 51.5 Å². The highest BCUT2D eigenvalue weighted by Gasteiger charge is 2.19. The Balaban J connectivity index is 1.85. The summed E-state index contributed by atoms with van der Waals surface area (Å²) >= 11 is 1.13. The molecule has 3 aromatic heterocycles. The third-order valence-electron chi connectivity index (χ3n) is 4.04. The van der Waals surface area contributed by atoms with Gasteiger partial charge in [0.1, 0.15) is 5.82 Å². The molecule has 142 valence electrons. The average molecular weight is 402 g/mol. The highest BCUT2D eigenvalue weighted by atomic mass is 32.2. The number of H-pyrrole nitrogens is 1. The molecule has 0 spiro atoms. The quantitative estimate of drug-likeness (QED) is 0.523. The minimum atomic E-state index is -0.826. The topological polar surface area (TPSA) is 97.9 Å². The molecule has 0 fully saturated rings. The second kappa shape index (κ2) is 7.00. The van der Waals surface area contributed by atoms with Gasteiger partial charge in [0.05, 0.1) is 12.4 Å². The lowest BCUT2D eigenvalue weighted by Crippen LogP contribution is -2.26. The third-order valence-corrected chi connectivity index (χ3v) is 5.02. The van der Waals surface area contributed by atoms with E-state index in [4.69, 9.17) is 0 Å². The number of thioether (sulfide) groups is 1. The van der Waals surface area contributed by atoms with Crippen LogP contribution in [-0.4, -0.2) is 29.4 Å². The molecular weight excluding hydrogens is 390 g/mol. The summed E-state index contributed by atoms with van der Waals surface area (Å²) in [5.41, 5.74) is 0.0522. The Kier molecular flexibility index (Phi) is 4.51. The molecule has 0 atom stereocenters. The lowest BCUT2D eigenvalue weighted by molar-refractivity contribution is 0.622. The Hall–Kier alpha value is -3.34. The van der Waals surface area contributed by atoms with E-state index in [1.807, 2.05) is 6.92 Å². The van der Waals surface area contributed by atoms with Crippen LogP contribution in [0, 0.1) is 18.6 Å². The molecule has 28 heavy (non-hydrogen) atoms. The van der Waals surface area contributed by atoms with Gasteiger partial charge < -0.3 is 4.98 Å². The van der Waals surface area contributed by atoms with E-state index in [0.29, 0.717) is 11.3 Å². The molecule has 4 rings (SSSR count). The second-order valence-electron chi connectivity index (χ2n) is 5.88. The normalized spacial score (nSPS) is 11.2. The molecule has 1 N–H and O–H groups in total. The molecular formula is C17H12F2N6O2S. The third kappa shape index (κ3) is 3.20. The monoisotopic (exact) mass is 402 g/mol. The van der Waals surface area contributed by atoms with Crippen LogP contribution < -0.4 is 11.1 Å². The number of benzene rings is 1. The van der Waals surface area contributed by atoms with Crippen LogP contribution in [0.3, 0.4) is 0 Å². The Morgan fingerprint density at radius 3 is 2.79 bits per heavy atom. The number of rotatable bonds is 4. The number of aromatic nitrogens is 6. The van der Waals surface area contributed by atoms with Crippen LogP contribution in [0.2, 0.25) is 0 Å². The SMILES string of the molecule is Cc1ccc(F)cc1CSc1nn2ncc(F)c2c(=O)n1-c1c[nH]c(=O)cn1. The number of hydrogen-bond acceptors (Lipinski definition) is 6. The zero-order chi connectivity index (χ0) is 19.8. The zero-order valence-corrected chi connectivity index (χ0v) is 15.2. The van der Waals surface area contributed by atoms with E-state index in [-0.39, 0.29) is 22.3 Å². The number of hydrogen-bond donors (Lipinski definition) is 1. The first kappa shape index (κ1) is 18.0. The summed E-state index contributed by atoms with van der Waals surface area (Å²) in [4.78, 5) is 30.5. The second-order valence-corrected chi connectivity index (χ2v) is 6.82. The van der Waals surface area contributed by atoms with E-state index in [1.165, 1.54) is 18.3 Å². The minimum Gasteiger partial charge on any atom is -0.324 e. The predicted molar refractivity (Wildman–Crippen MR) is 97.7 cm³/mol. The van der Waals surface area contributed by atoms with Crippen molar-refractivity contribution in [1.29, 1.82) is 0 Å². The van der Waals surface area contributed by atoms with Gasteiger partial charge in [0.15, 0.2) is 22.3 Å². The van der Waals surface area contributed by atoms with Gasteiger partial charge in [0.25, 0.3) is 11.1 Å². The van der Waals surface area contributed by atoms with Crippen molar-refractivity contribution in [2.75, 3.05) is 0 Å². The van der Waals surface area contributed by atoms with Crippen molar-refractivity contribution >= 4 is 17.3 Å². The van der Waals surface area contributed by atoms with E-state index in [0.717, 1.165) is 38.9 Å². The van der Waals surface area contributed by atoms with E-state index >= 15 is 0 Å². The molecule has 0 aliphatic rings. The van der Waals surface area contributed by atoms with Gasteiger partial charge in [-0.1, -0.05) is 17.8 Å². The molecule has 0 saturated heterocycles. The van der Waals surface area contributed by atoms with Gasteiger partial charge >= 0.3 is 0 Å². The van der Waals surface area contributed by atoms with Crippen LogP contribution in [0.4, 0.5) is 8.78 Å². The molecule has 0 bridgehead atoms.